The topological polar surface area (TPSA) is 74.9 Å². The monoisotopic (exact) mass is 291 g/mol. The van der Waals surface area contributed by atoms with E-state index < -0.39 is 0 Å². The standard InChI is InChI=1S/C14H21N5O2/c15-12-1-2-13(16-11-12)17-3-5-18(6-4-17)14(20)19-7-9-21-10-8-19/h1-2,11H,3-10,15H2. The van der Waals surface area contributed by atoms with Crippen LogP contribution in [0, 0.1) is 0 Å². The van der Waals surface area contributed by atoms with E-state index in [0.29, 0.717) is 32.0 Å². The van der Waals surface area contributed by atoms with Crippen LogP contribution >= 0.6 is 0 Å². The third kappa shape index (κ3) is 3.18. The van der Waals surface area contributed by atoms with Crippen molar-refractivity contribution in [3.63, 3.8) is 0 Å². The number of carbonyl (C=O) groups excluding carboxylic acids is 1. The Hall–Kier alpha value is -2.02. The average Bonchev–Trinajstić information content (AvgIpc) is 2.56. The lowest BCUT2D eigenvalue weighted by molar-refractivity contribution is 0.0428. The number of nitrogens with two attached hydrogens (primary N) is 1. The highest BCUT2D eigenvalue weighted by atomic mass is 16.5. The number of anilines is 2. The van der Waals surface area contributed by atoms with Gasteiger partial charge in [0.1, 0.15) is 5.82 Å². The molecule has 0 bridgehead atoms. The van der Waals surface area contributed by atoms with Crippen molar-refractivity contribution in [1.82, 2.24) is 14.8 Å². The van der Waals surface area contributed by atoms with Gasteiger partial charge in [0.05, 0.1) is 25.1 Å². The van der Waals surface area contributed by atoms with Crippen molar-refractivity contribution in [3.05, 3.63) is 18.3 Å². The summed E-state index contributed by atoms with van der Waals surface area (Å²) in [5.41, 5.74) is 6.32. The molecule has 0 saturated carbocycles. The fourth-order valence-corrected chi connectivity index (χ4v) is 2.67. The van der Waals surface area contributed by atoms with E-state index in [1.807, 2.05) is 21.9 Å². The molecule has 0 atom stereocenters. The second-order valence-electron chi connectivity index (χ2n) is 5.31. The zero-order chi connectivity index (χ0) is 14.7. The Morgan fingerprint density at radius 3 is 2.33 bits per heavy atom. The number of pyridine rings is 1. The third-order valence-corrected chi connectivity index (χ3v) is 3.93. The van der Waals surface area contributed by atoms with Crippen molar-refractivity contribution < 1.29 is 9.53 Å². The normalized spacial score (nSPS) is 19.7. The van der Waals surface area contributed by atoms with Crippen LogP contribution in [-0.2, 0) is 4.74 Å². The van der Waals surface area contributed by atoms with Gasteiger partial charge in [-0.3, -0.25) is 0 Å². The predicted molar refractivity (Wildman–Crippen MR) is 80.2 cm³/mol. The Morgan fingerprint density at radius 1 is 1.05 bits per heavy atom. The van der Waals surface area contributed by atoms with Crippen LogP contribution in [0.3, 0.4) is 0 Å². The van der Waals surface area contributed by atoms with E-state index in [1.54, 1.807) is 6.20 Å². The fraction of sp³-hybridized carbons (Fsp3) is 0.571. The molecule has 0 aliphatic carbocycles. The quantitative estimate of drug-likeness (QED) is 0.802. The molecule has 3 rings (SSSR count). The highest BCUT2D eigenvalue weighted by Gasteiger charge is 2.26. The molecular formula is C14H21N5O2. The molecular weight excluding hydrogens is 270 g/mol. The van der Waals surface area contributed by atoms with Gasteiger partial charge in [0.25, 0.3) is 0 Å². The van der Waals surface area contributed by atoms with Crippen molar-refractivity contribution in [2.45, 2.75) is 0 Å². The van der Waals surface area contributed by atoms with Crippen LogP contribution in [0.1, 0.15) is 0 Å². The Labute approximate surface area is 124 Å². The van der Waals surface area contributed by atoms with Crippen LogP contribution in [0.25, 0.3) is 0 Å². The van der Waals surface area contributed by atoms with Crippen LogP contribution in [-0.4, -0.2) is 73.3 Å². The molecule has 2 aliphatic heterocycles. The van der Waals surface area contributed by atoms with Crippen molar-refractivity contribution in [2.75, 3.05) is 63.1 Å². The highest BCUT2D eigenvalue weighted by Crippen LogP contribution is 2.15. The highest BCUT2D eigenvalue weighted by molar-refractivity contribution is 5.75. The van der Waals surface area contributed by atoms with Crippen LogP contribution in [0.5, 0.6) is 0 Å². The summed E-state index contributed by atoms with van der Waals surface area (Å²) in [7, 11) is 0. The zero-order valence-corrected chi connectivity index (χ0v) is 12.1. The number of hydrogen-bond acceptors (Lipinski definition) is 5. The molecule has 7 heteroatoms. The second-order valence-corrected chi connectivity index (χ2v) is 5.31. The molecule has 0 radical (unpaired) electrons. The van der Waals surface area contributed by atoms with Crippen LogP contribution in [0.15, 0.2) is 18.3 Å². The molecule has 114 valence electrons. The number of nitrogen functional groups attached to an aromatic ring is 1. The van der Waals surface area contributed by atoms with Crippen molar-refractivity contribution in [3.8, 4) is 0 Å². The molecule has 2 N–H and O–H groups in total. The summed E-state index contributed by atoms with van der Waals surface area (Å²) in [5, 5.41) is 0. The smallest absolute Gasteiger partial charge is 0.320 e. The molecule has 7 nitrogen and oxygen atoms in total. The number of amides is 2. The van der Waals surface area contributed by atoms with Crippen LogP contribution in [0.4, 0.5) is 16.3 Å². The molecule has 2 amide bonds. The maximum atomic E-state index is 12.4. The van der Waals surface area contributed by atoms with Crippen molar-refractivity contribution in [2.24, 2.45) is 0 Å². The number of ether oxygens (including phenoxy) is 1. The summed E-state index contributed by atoms with van der Waals surface area (Å²) in [5.74, 6) is 0.919. The first-order valence-electron chi connectivity index (χ1n) is 7.32. The van der Waals surface area contributed by atoms with Crippen molar-refractivity contribution in [1.29, 1.82) is 0 Å². The Kier molecular flexibility index (Phi) is 4.10. The molecule has 2 fully saturated rings. The van der Waals surface area contributed by atoms with E-state index in [2.05, 4.69) is 9.88 Å². The molecule has 1 aromatic rings. The third-order valence-electron chi connectivity index (χ3n) is 3.93. The number of urea groups is 1. The van der Waals surface area contributed by atoms with Crippen LogP contribution in [0.2, 0.25) is 0 Å². The minimum Gasteiger partial charge on any atom is -0.397 e. The van der Waals surface area contributed by atoms with Gasteiger partial charge < -0.3 is 25.2 Å². The minimum atomic E-state index is 0.128. The molecule has 3 heterocycles. The van der Waals surface area contributed by atoms with Gasteiger partial charge in [0.15, 0.2) is 0 Å². The first-order chi connectivity index (χ1) is 10.2. The van der Waals surface area contributed by atoms with Gasteiger partial charge in [0, 0.05) is 39.3 Å². The lowest BCUT2D eigenvalue weighted by Crippen LogP contribution is -2.55. The number of piperazine rings is 1. The van der Waals surface area contributed by atoms with Gasteiger partial charge in [-0.1, -0.05) is 0 Å². The van der Waals surface area contributed by atoms with Crippen LogP contribution < -0.4 is 10.6 Å². The minimum absolute atomic E-state index is 0.128. The summed E-state index contributed by atoms with van der Waals surface area (Å²) < 4.78 is 5.28. The number of hydrogen-bond donors (Lipinski definition) is 1. The van der Waals surface area contributed by atoms with Gasteiger partial charge in [-0.25, -0.2) is 9.78 Å². The van der Waals surface area contributed by atoms with E-state index >= 15 is 0 Å². The summed E-state index contributed by atoms with van der Waals surface area (Å²) in [6.07, 6.45) is 1.67. The van der Waals surface area contributed by atoms with E-state index in [1.165, 1.54) is 0 Å². The van der Waals surface area contributed by atoms with Gasteiger partial charge in [0.2, 0.25) is 0 Å². The SMILES string of the molecule is Nc1ccc(N2CCN(C(=O)N3CCOCC3)CC2)nc1. The molecule has 0 aromatic carbocycles. The summed E-state index contributed by atoms with van der Waals surface area (Å²) in [4.78, 5) is 22.7. The lowest BCUT2D eigenvalue weighted by atomic mass is 10.3. The number of nitrogens with zero attached hydrogens (tertiary/aromatic N) is 4. The van der Waals surface area contributed by atoms with E-state index in [4.69, 9.17) is 10.5 Å². The van der Waals surface area contributed by atoms with Gasteiger partial charge in [-0.2, -0.15) is 0 Å². The number of carbonyl (C=O) groups is 1. The van der Waals surface area contributed by atoms with Gasteiger partial charge >= 0.3 is 6.03 Å². The first kappa shape index (κ1) is 13.9. The lowest BCUT2D eigenvalue weighted by Gasteiger charge is -2.38. The first-order valence-corrected chi connectivity index (χ1v) is 7.32. The van der Waals surface area contributed by atoms with E-state index in [-0.39, 0.29) is 6.03 Å². The maximum Gasteiger partial charge on any atom is 0.320 e. The average molecular weight is 291 g/mol. The number of rotatable bonds is 1. The van der Waals surface area contributed by atoms with Crippen molar-refractivity contribution >= 4 is 17.5 Å². The molecule has 2 saturated heterocycles. The van der Waals surface area contributed by atoms with E-state index in [0.717, 1.165) is 32.0 Å². The Morgan fingerprint density at radius 2 is 1.71 bits per heavy atom. The molecule has 0 spiro atoms. The largest absolute Gasteiger partial charge is 0.397 e. The Bertz CT molecular complexity index is 479. The second kappa shape index (κ2) is 6.17. The zero-order valence-electron chi connectivity index (χ0n) is 12.1. The van der Waals surface area contributed by atoms with Gasteiger partial charge in [-0.15, -0.1) is 0 Å². The van der Waals surface area contributed by atoms with E-state index in [9.17, 15) is 4.79 Å². The molecule has 21 heavy (non-hydrogen) atoms. The molecule has 0 unspecified atom stereocenters. The molecule has 1 aromatic heterocycles. The summed E-state index contributed by atoms with van der Waals surface area (Å²) >= 11 is 0. The predicted octanol–water partition coefficient (Wildman–Crippen LogP) is 0.238. The fourth-order valence-electron chi connectivity index (χ4n) is 2.67. The number of aromatic nitrogens is 1. The maximum absolute atomic E-state index is 12.4. The summed E-state index contributed by atoms with van der Waals surface area (Å²) in [6, 6.07) is 3.91. The Balaban J connectivity index is 1.54. The van der Waals surface area contributed by atoms with Gasteiger partial charge in [-0.05, 0) is 12.1 Å². The number of morpholine rings is 1. The summed E-state index contributed by atoms with van der Waals surface area (Å²) in [6.45, 7) is 5.71. The molecule has 2 aliphatic rings.